The van der Waals surface area contributed by atoms with Gasteiger partial charge in [-0.25, -0.2) is 4.79 Å². The smallest absolute Gasteiger partial charge is 0.420 e. The van der Waals surface area contributed by atoms with E-state index in [4.69, 9.17) is 4.42 Å². The SMILES string of the molecule is O=c1oc2ccc(O)cc2n1Cc1ccccc1CO. The van der Waals surface area contributed by atoms with Crippen LogP contribution in [-0.2, 0) is 13.2 Å². The van der Waals surface area contributed by atoms with Crippen LogP contribution in [0.3, 0.4) is 0 Å². The van der Waals surface area contributed by atoms with E-state index in [0.29, 0.717) is 11.1 Å². The van der Waals surface area contributed by atoms with Crippen molar-refractivity contribution in [3.63, 3.8) is 0 Å². The van der Waals surface area contributed by atoms with Gasteiger partial charge in [0.15, 0.2) is 5.58 Å². The number of aliphatic hydroxyl groups excluding tert-OH is 1. The highest BCUT2D eigenvalue weighted by molar-refractivity contribution is 5.74. The highest BCUT2D eigenvalue weighted by Gasteiger charge is 2.11. The van der Waals surface area contributed by atoms with Gasteiger partial charge in [-0.1, -0.05) is 24.3 Å². The lowest BCUT2D eigenvalue weighted by Crippen LogP contribution is -2.15. The minimum absolute atomic E-state index is 0.0718. The van der Waals surface area contributed by atoms with Crippen LogP contribution in [0.15, 0.2) is 51.7 Å². The van der Waals surface area contributed by atoms with E-state index in [-0.39, 0.29) is 18.9 Å². The first-order valence-electron chi connectivity index (χ1n) is 6.19. The summed E-state index contributed by atoms with van der Waals surface area (Å²) in [4.78, 5) is 11.9. The molecule has 0 bridgehead atoms. The molecular weight excluding hydrogens is 258 g/mol. The second-order valence-corrected chi connectivity index (χ2v) is 4.53. The number of oxazole rings is 1. The van der Waals surface area contributed by atoms with Crippen LogP contribution in [0.25, 0.3) is 11.1 Å². The van der Waals surface area contributed by atoms with Crippen molar-refractivity contribution in [1.29, 1.82) is 0 Å². The van der Waals surface area contributed by atoms with E-state index < -0.39 is 5.76 Å². The summed E-state index contributed by atoms with van der Waals surface area (Å²) in [6.45, 7) is 0.192. The lowest BCUT2D eigenvalue weighted by Gasteiger charge is -2.07. The molecule has 0 unspecified atom stereocenters. The van der Waals surface area contributed by atoms with Crippen molar-refractivity contribution in [1.82, 2.24) is 4.57 Å². The van der Waals surface area contributed by atoms with Crippen LogP contribution in [0.5, 0.6) is 5.75 Å². The molecule has 0 atom stereocenters. The Balaban J connectivity index is 2.13. The number of fused-ring (bicyclic) bond motifs is 1. The van der Waals surface area contributed by atoms with Gasteiger partial charge < -0.3 is 14.6 Å². The van der Waals surface area contributed by atoms with Crippen molar-refractivity contribution in [2.45, 2.75) is 13.2 Å². The fourth-order valence-corrected chi connectivity index (χ4v) is 2.24. The predicted octanol–water partition coefficient (Wildman–Crippen LogP) is 1.84. The topological polar surface area (TPSA) is 75.6 Å². The maximum atomic E-state index is 11.9. The van der Waals surface area contributed by atoms with Gasteiger partial charge in [0.2, 0.25) is 0 Å². The summed E-state index contributed by atoms with van der Waals surface area (Å²) in [6, 6.07) is 11.8. The number of benzene rings is 2. The number of aromatic hydroxyl groups is 1. The van der Waals surface area contributed by atoms with Crippen molar-refractivity contribution in [3.05, 3.63) is 64.1 Å². The van der Waals surface area contributed by atoms with Crippen LogP contribution in [-0.4, -0.2) is 14.8 Å². The van der Waals surface area contributed by atoms with Gasteiger partial charge in [-0.15, -0.1) is 0 Å². The molecule has 5 heteroatoms. The Hall–Kier alpha value is -2.53. The fraction of sp³-hybridized carbons (Fsp3) is 0.133. The quantitative estimate of drug-likeness (QED) is 0.762. The maximum Gasteiger partial charge on any atom is 0.420 e. The fourth-order valence-electron chi connectivity index (χ4n) is 2.24. The molecule has 1 aromatic heterocycles. The molecule has 20 heavy (non-hydrogen) atoms. The number of aromatic nitrogens is 1. The third-order valence-electron chi connectivity index (χ3n) is 3.27. The van der Waals surface area contributed by atoms with Gasteiger partial charge in [-0.2, -0.15) is 0 Å². The van der Waals surface area contributed by atoms with Gasteiger partial charge in [0.25, 0.3) is 0 Å². The van der Waals surface area contributed by atoms with Crippen LogP contribution in [0.2, 0.25) is 0 Å². The van der Waals surface area contributed by atoms with Crippen LogP contribution in [0.4, 0.5) is 0 Å². The van der Waals surface area contributed by atoms with Crippen LogP contribution in [0, 0.1) is 0 Å². The average molecular weight is 271 g/mol. The molecule has 0 fully saturated rings. The molecule has 0 aliphatic heterocycles. The van der Waals surface area contributed by atoms with Crippen LogP contribution >= 0.6 is 0 Å². The standard InChI is InChI=1S/C15H13NO4/c17-9-11-4-2-1-3-10(11)8-16-13-7-12(18)5-6-14(13)20-15(16)19/h1-7,17-18H,8-9H2. The Bertz CT molecular complexity index is 816. The average Bonchev–Trinajstić information content (AvgIpc) is 2.76. The van der Waals surface area contributed by atoms with Gasteiger partial charge >= 0.3 is 5.76 Å². The summed E-state index contributed by atoms with van der Waals surface area (Å²) >= 11 is 0. The molecule has 3 rings (SSSR count). The lowest BCUT2D eigenvalue weighted by atomic mass is 10.1. The molecule has 0 saturated heterocycles. The molecular formula is C15H13NO4. The molecule has 0 aliphatic rings. The highest BCUT2D eigenvalue weighted by atomic mass is 16.4. The molecule has 3 aromatic rings. The summed E-state index contributed by atoms with van der Waals surface area (Å²) in [5.74, 6) is -0.416. The summed E-state index contributed by atoms with van der Waals surface area (Å²) in [5, 5.41) is 18.9. The third-order valence-corrected chi connectivity index (χ3v) is 3.27. The zero-order valence-electron chi connectivity index (χ0n) is 10.6. The van der Waals surface area contributed by atoms with Crippen molar-refractivity contribution in [2.75, 3.05) is 0 Å². The minimum Gasteiger partial charge on any atom is -0.508 e. The Morgan fingerprint density at radius 1 is 1.10 bits per heavy atom. The van der Waals surface area contributed by atoms with Crippen LogP contribution < -0.4 is 5.76 Å². The molecule has 5 nitrogen and oxygen atoms in total. The molecule has 0 radical (unpaired) electrons. The first kappa shape index (κ1) is 12.5. The molecule has 0 aliphatic carbocycles. The summed E-state index contributed by atoms with van der Waals surface area (Å²) in [6.07, 6.45) is 0. The number of rotatable bonds is 3. The van der Waals surface area contributed by atoms with Crippen molar-refractivity contribution in [2.24, 2.45) is 0 Å². The molecule has 0 spiro atoms. The van der Waals surface area contributed by atoms with Gasteiger partial charge in [0.05, 0.1) is 18.7 Å². The van der Waals surface area contributed by atoms with Crippen LogP contribution in [0.1, 0.15) is 11.1 Å². The first-order chi connectivity index (χ1) is 9.69. The highest BCUT2D eigenvalue weighted by Crippen LogP contribution is 2.20. The maximum absolute atomic E-state index is 11.9. The van der Waals surface area contributed by atoms with E-state index in [9.17, 15) is 15.0 Å². The lowest BCUT2D eigenvalue weighted by molar-refractivity contribution is 0.280. The normalized spacial score (nSPS) is 11.1. The number of aliphatic hydroxyl groups is 1. The zero-order valence-corrected chi connectivity index (χ0v) is 10.6. The second-order valence-electron chi connectivity index (χ2n) is 4.53. The minimum atomic E-state index is -0.488. The number of hydrogen-bond acceptors (Lipinski definition) is 4. The second kappa shape index (κ2) is 4.86. The largest absolute Gasteiger partial charge is 0.508 e. The summed E-state index contributed by atoms with van der Waals surface area (Å²) in [5.41, 5.74) is 2.55. The number of hydrogen-bond donors (Lipinski definition) is 2. The number of phenolic OH excluding ortho intramolecular Hbond substituents is 1. The van der Waals surface area contributed by atoms with Gasteiger partial charge in [0, 0.05) is 6.07 Å². The zero-order chi connectivity index (χ0) is 14.1. The van der Waals surface area contributed by atoms with Gasteiger partial charge in [-0.05, 0) is 23.3 Å². The van der Waals surface area contributed by atoms with E-state index >= 15 is 0 Å². The van der Waals surface area contributed by atoms with E-state index in [0.717, 1.165) is 11.1 Å². The van der Waals surface area contributed by atoms with E-state index in [1.807, 2.05) is 18.2 Å². The first-order valence-corrected chi connectivity index (χ1v) is 6.19. The monoisotopic (exact) mass is 271 g/mol. The van der Waals surface area contributed by atoms with E-state index in [1.54, 1.807) is 12.1 Å². The Morgan fingerprint density at radius 2 is 1.85 bits per heavy atom. The Kier molecular flexibility index (Phi) is 3.04. The Labute approximate surface area is 114 Å². The molecule has 2 aromatic carbocycles. The van der Waals surface area contributed by atoms with Crippen molar-refractivity contribution < 1.29 is 14.6 Å². The van der Waals surface area contributed by atoms with Gasteiger partial charge in [-0.3, -0.25) is 4.57 Å². The van der Waals surface area contributed by atoms with E-state index in [2.05, 4.69) is 0 Å². The third kappa shape index (κ3) is 2.08. The van der Waals surface area contributed by atoms with Crippen molar-refractivity contribution in [3.8, 4) is 5.75 Å². The molecule has 2 N–H and O–H groups in total. The van der Waals surface area contributed by atoms with E-state index in [1.165, 1.54) is 16.7 Å². The molecule has 102 valence electrons. The summed E-state index contributed by atoms with van der Waals surface area (Å²) in [7, 11) is 0. The molecule has 1 heterocycles. The number of phenols is 1. The number of nitrogens with zero attached hydrogens (tertiary/aromatic N) is 1. The predicted molar refractivity (Wildman–Crippen MR) is 73.6 cm³/mol. The molecule has 0 saturated carbocycles. The van der Waals surface area contributed by atoms with Crippen molar-refractivity contribution >= 4 is 11.1 Å². The summed E-state index contributed by atoms with van der Waals surface area (Å²) < 4.78 is 6.57. The van der Waals surface area contributed by atoms with Gasteiger partial charge in [0.1, 0.15) is 5.75 Å². The Morgan fingerprint density at radius 3 is 2.60 bits per heavy atom. The molecule has 0 amide bonds.